The van der Waals surface area contributed by atoms with Crippen LogP contribution in [0.4, 0.5) is 0 Å². The van der Waals surface area contributed by atoms with E-state index in [1.54, 1.807) is 0 Å². The summed E-state index contributed by atoms with van der Waals surface area (Å²) in [5.74, 6) is 0. The third-order valence-electron chi connectivity index (χ3n) is 9.20. The molecule has 6 aromatic rings. The number of hydrogen-bond donors (Lipinski definition) is 0. The van der Waals surface area contributed by atoms with Crippen LogP contribution >= 0.6 is 0 Å². The molecule has 36 heavy (non-hydrogen) atoms. The van der Waals surface area contributed by atoms with Crippen LogP contribution in [0.3, 0.4) is 0 Å². The predicted molar refractivity (Wildman–Crippen MR) is 149 cm³/mol. The van der Waals surface area contributed by atoms with Crippen LogP contribution in [0.1, 0.15) is 22.3 Å². The fourth-order valence-electron chi connectivity index (χ4n) is 7.99. The van der Waals surface area contributed by atoms with Crippen molar-refractivity contribution in [2.75, 3.05) is 0 Å². The van der Waals surface area contributed by atoms with Gasteiger partial charge in [0.1, 0.15) is 0 Å². The van der Waals surface area contributed by atoms with Crippen LogP contribution in [-0.2, 0) is 12.8 Å². The van der Waals surface area contributed by atoms with Crippen molar-refractivity contribution in [3.05, 3.63) is 119 Å². The van der Waals surface area contributed by atoms with Crippen LogP contribution in [0.2, 0.25) is 0 Å². The lowest BCUT2D eigenvalue weighted by atomic mass is 9.85. The van der Waals surface area contributed by atoms with Gasteiger partial charge in [0, 0.05) is 0 Å². The quantitative estimate of drug-likeness (QED) is 0.215. The molecule has 4 aliphatic rings. The van der Waals surface area contributed by atoms with Crippen molar-refractivity contribution in [3.8, 4) is 66.8 Å². The third kappa shape index (κ3) is 1.81. The minimum Gasteiger partial charge on any atom is -0.0619 e. The van der Waals surface area contributed by atoms with Crippen molar-refractivity contribution in [2.45, 2.75) is 12.8 Å². The van der Waals surface area contributed by atoms with Gasteiger partial charge in [0.25, 0.3) is 0 Å². The van der Waals surface area contributed by atoms with Crippen LogP contribution in [0.25, 0.3) is 77.5 Å². The average Bonchev–Trinajstić information content (AvgIpc) is 3.66. The highest BCUT2D eigenvalue weighted by atomic mass is 14.4. The predicted octanol–water partition coefficient (Wildman–Crippen LogP) is 9.28. The standard InChI is InChI=1S/C36H20/c1-3-11-21-19(9-1)17-27-29(21)33-25-15-7-6-14-24(25)32-28-18-20-10-2-4-12-22(20)30(28)34-26-16-8-5-13-23(26)31(27)35(34)36(32)33/h1-16H,17-18H2. The maximum absolute atomic E-state index is 2.37. The molecular weight excluding hydrogens is 432 g/mol. The summed E-state index contributed by atoms with van der Waals surface area (Å²) in [5.41, 5.74) is 23.4. The zero-order chi connectivity index (χ0) is 23.1. The summed E-state index contributed by atoms with van der Waals surface area (Å²) in [6, 6.07) is 36.6. The van der Waals surface area contributed by atoms with Gasteiger partial charge < -0.3 is 0 Å². The molecule has 0 aromatic heterocycles. The summed E-state index contributed by atoms with van der Waals surface area (Å²) in [7, 11) is 0. The first-order chi connectivity index (χ1) is 17.9. The molecule has 0 fully saturated rings. The lowest BCUT2D eigenvalue weighted by molar-refractivity contribution is 1.27. The van der Waals surface area contributed by atoms with Gasteiger partial charge in [-0.3, -0.25) is 0 Å². The maximum atomic E-state index is 2.37. The molecule has 4 aliphatic carbocycles. The van der Waals surface area contributed by atoms with Crippen LogP contribution in [-0.4, -0.2) is 0 Å². The molecule has 0 spiro atoms. The average molecular weight is 453 g/mol. The first-order valence-electron chi connectivity index (χ1n) is 13.0. The van der Waals surface area contributed by atoms with Crippen molar-refractivity contribution in [1.29, 1.82) is 0 Å². The summed E-state index contributed by atoms with van der Waals surface area (Å²) < 4.78 is 0. The molecule has 0 bridgehead atoms. The summed E-state index contributed by atoms with van der Waals surface area (Å²) in [6.45, 7) is 0. The molecule has 0 heteroatoms. The van der Waals surface area contributed by atoms with Gasteiger partial charge in [0.05, 0.1) is 0 Å². The SMILES string of the molecule is c1ccc2c(c1)Cc1c-2c2c3c(c4c(c5c3c1-c1ccccc1-5)-c1ccccc1C4)-c1ccccc1-2. The Morgan fingerprint density at radius 1 is 0.306 bits per heavy atom. The third-order valence-corrected chi connectivity index (χ3v) is 9.20. The molecule has 0 nitrogen and oxygen atoms in total. The van der Waals surface area contributed by atoms with Gasteiger partial charge in [-0.2, -0.15) is 0 Å². The molecule has 0 amide bonds. The Hall–Kier alpha value is -4.42. The second-order valence-electron chi connectivity index (χ2n) is 10.7. The van der Waals surface area contributed by atoms with E-state index in [2.05, 4.69) is 97.1 Å². The molecule has 0 radical (unpaired) electrons. The summed E-state index contributed by atoms with van der Waals surface area (Å²) in [6.07, 6.45) is 2.03. The van der Waals surface area contributed by atoms with Gasteiger partial charge in [-0.25, -0.2) is 0 Å². The van der Waals surface area contributed by atoms with Gasteiger partial charge in [-0.05, 0) is 113 Å². The molecule has 0 aliphatic heterocycles. The minimum absolute atomic E-state index is 1.02. The monoisotopic (exact) mass is 452 g/mol. The van der Waals surface area contributed by atoms with Crippen LogP contribution in [0, 0.1) is 0 Å². The summed E-state index contributed by atoms with van der Waals surface area (Å²) in [4.78, 5) is 0. The Labute approximate surface area is 209 Å². The van der Waals surface area contributed by atoms with Gasteiger partial charge in [-0.1, -0.05) is 97.1 Å². The largest absolute Gasteiger partial charge is 0.0619 e. The van der Waals surface area contributed by atoms with E-state index < -0.39 is 0 Å². The van der Waals surface area contributed by atoms with Crippen molar-refractivity contribution < 1.29 is 0 Å². The lowest BCUT2D eigenvalue weighted by Gasteiger charge is -2.17. The first kappa shape index (κ1) is 17.9. The van der Waals surface area contributed by atoms with E-state index in [0.29, 0.717) is 0 Å². The Balaban J connectivity index is 1.53. The molecule has 0 unspecified atom stereocenters. The van der Waals surface area contributed by atoms with E-state index in [-0.39, 0.29) is 0 Å². The minimum atomic E-state index is 1.02. The van der Waals surface area contributed by atoms with Crippen LogP contribution in [0.15, 0.2) is 97.1 Å². The maximum Gasteiger partial charge on any atom is -0.000408 e. The first-order valence-corrected chi connectivity index (χ1v) is 13.0. The van der Waals surface area contributed by atoms with E-state index in [1.165, 1.54) is 99.8 Å². The van der Waals surface area contributed by atoms with E-state index in [0.717, 1.165) is 12.8 Å². The zero-order valence-electron chi connectivity index (χ0n) is 19.7. The fourth-order valence-corrected chi connectivity index (χ4v) is 7.99. The number of benzene rings is 6. The van der Waals surface area contributed by atoms with Gasteiger partial charge >= 0.3 is 0 Å². The molecule has 0 N–H and O–H groups in total. The fraction of sp³-hybridized carbons (Fsp3) is 0.0556. The highest BCUT2D eigenvalue weighted by Crippen LogP contribution is 2.66. The molecule has 164 valence electrons. The summed E-state index contributed by atoms with van der Waals surface area (Å²) in [5, 5.41) is 3.00. The van der Waals surface area contributed by atoms with Crippen molar-refractivity contribution >= 4 is 10.8 Å². The normalized spacial score (nSPS) is 13.9. The lowest BCUT2D eigenvalue weighted by Crippen LogP contribution is -1.93. The Kier molecular flexibility index (Phi) is 2.92. The molecule has 0 heterocycles. The summed E-state index contributed by atoms with van der Waals surface area (Å²) >= 11 is 0. The topological polar surface area (TPSA) is 0 Å². The Bertz CT molecular complexity index is 1890. The number of fused-ring (bicyclic) bond motifs is 16. The van der Waals surface area contributed by atoms with Gasteiger partial charge in [-0.15, -0.1) is 0 Å². The van der Waals surface area contributed by atoms with Crippen molar-refractivity contribution in [3.63, 3.8) is 0 Å². The number of hydrogen-bond acceptors (Lipinski definition) is 0. The van der Waals surface area contributed by atoms with E-state index in [1.807, 2.05) is 0 Å². The zero-order valence-corrected chi connectivity index (χ0v) is 19.7. The molecular formula is C36H20. The highest BCUT2D eigenvalue weighted by molar-refractivity contribution is 6.33. The van der Waals surface area contributed by atoms with Crippen molar-refractivity contribution in [2.24, 2.45) is 0 Å². The molecule has 0 saturated carbocycles. The Morgan fingerprint density at radius 3 is 1.06 bits per heavy atom. The van der Waals surface area contributed by atoms with E-state index >= 15 is 0 Å². The molecule has 0 saturated heterocycles. The highest BCUT2D eigenvalue weighted by Gasteiger charge is 2.41. The smallest absolute Gasteiger partial charge is 0.000408 e. The van der Waals surface area contributed by atoms with E-state index in [9.17, 15) is 0 Å². The molecule has 10 rings (SSSR count). The second-order valence-corrected chi connectivity index (χ2v) is 10.7. The van der Waals surface area contributed by atoms with Crippen molar-refractivity contribution in [1.82, 2.24) is 0 Å². The van der Waals surface area contributed by atoms with Gasteiger partial charge in [0.15, 0.2) is 0 Å². The van der Waals surface area contributed by atoms with Crippen LogP contribution < -0.4 is 0 Å². The van der Waals surface area contributed by atoms with E-state index in [4.69, 9.17) is 0 Å². The molecule has 6 aromatic carbocycles. The number of rotatable bonds is 0. The van der Waals surface area contributed by atoms with Gasteiger partial charge in [0.2, 0.25) is 0 Å². The Morgan fingerprint density at radius 2 is 0.639 bits per heavy atom. The molecule has 0 atom stereocenters. The second kappa shape index (κ2) is 5.86. The van der Waals surface area contributed by atoms with Crippen LogP contribution in [0.5, 0.6) is 0 Å².